The van der Waals surface area contributed by atoms with Gasteiger partial charge in [0.15, 0.2) is 0 Å². The lowest BCUT2D eigenvalue weighted by Gasteiger charge is -2.16. The molecule has 2 heteroatoms. The third kappa shape index (κ3) is 3.92. The molecule has 0 aliphatic carbocycles. The lowest BCUT2D eigenvalue weighted by atomic mass is 10.1. The standard InChI is InChI=1S/C11H19NS/c1-9(2)10(3)12-7-6-11-5-4-8-13-11/h4-5,8-10,12H,6-7H2,1-3H3. The van der Waals surface area contributed by atoms with Crippen molar-refractivity contribution in [2.24, 2.45) is 5.92 Å². The van der Waals surface area contributed by atoms with Crippen LogP contribution in [-0.2, 0) is 6.42 Å². The molecule has 0 saturated carbocycles. The van der Waals surface area contributed by atoms with Gasteiger partial charge >= 0.3 is 0 Å². The van der Waals surface area contributed by atoms with Gasteiger partial charge in [-0.1, -0.05) is 19.9 Å². The van der Waals surface area contributed by atoms with E-state index in [4.69, 9.17) is 0 Å². The van der Waals surface area contributed by atoms with E-state index in [1.165, 1.54) is 4.88 Å². The van der Waals surface area contributed by atoms with Gasteiger partial charge in [0.1, 0.15) is 0 Å². The summed E-state index contributed by atoms with van der Waals surface area (Å²) in [7, 11) is 0. The van der Waals surface area contributed by atoms with Crippen LogP contribution in [0.5, 0.6) is 0 Å². The summed E-state index contributed by atoms with van der Waals surface area (Å²) in [6, 6.07) is 4.94. The predicted molar refractivity (Wildman–Crippen MR) is 60.3 cm³/mol. The van der Waals surface area contributed by atoms with E-state index in [9.17, 15) is 0 Å². The van der Waals surface area contributed by atoms with Crippen LogP contribution >= 0.6 is 11.3 Å². The normalized spacial score (nSPS) is 13.5. The molecular weight excluding hydrogens is 178 g/mol. The number of rotatable bonds is 5. The minimum absolute atomic E-state index is 0.625. The molecule has 74 valence electrons. The molecule has 1 nitrogen and oxygen atoms in total. The molecule has 1 aromatic rings. The van der Waals surface area contributed by atoms with E-state index in [0.29, 0.717) is 6.04 Å². The SMILES string of the molecule is CC(C)C(C)NCCc1cccs1. The average molecular weight is 197 g/mol. The van der Waals surface area contributed by atoms with Crippen molar-refractivity contribution in [3.05, 3.63) is 22.4 Å². The Morgan fingerprint density at radius 3 is 2.69 bits per heavy atom. The summed E-state index contributed by atoms with van der Waals surface area (Å²) in [6.07, 6.45) is 1.16. The Morgan fingerprint density at radius 1 is 1.38 bits per heavy atom. The zero-order chi connectivity index (χ0) is 9.68. The summed E-state index contributed by atoms with van der Waals surface area (Å²) in [5, 5.41) is 5.67. The molecule has 1 unspecified atom stereocenters. The summed E-state index contributed by atoms with van der Waals surface area (Å²) < 4.78 is 0. The highest BCUT2D eigenvalue weighted by Gasteiger charge is 2.04. The largest absolute Gasteiger partial charge is 0.314 e. The topological polar surface area (TPSA) is 12.0 Å². The number of nitrogens with one attached hydrogen (secondary N) is 1. The Hall–Kier alpha value is -0.340. The fourth-order valence-corrected chi connectivity index (χ4v) is 1.82. The Morgan fingerprint density at radius 2 is 2.15 bits per heavy atom. The molecule has 0 aliphatic heterocycles. The van der Waals surface area contributed by atoms with Crippen molar-refractivity contribution >= 4 is 11.3 Å². The van der Waals surface area contributed by atoms with Gasteiger partial charge in [-0.3, -0.25) is 0 Å². The molecule has 0 fully saturated rings. The van der Waals surface area contributed by atoms with Gasteiger partial charge < -0.3 is 5.32 Å². The molecule has 0 spiro atoms. The maximum Gasteiger partial charge on any atom is 0.00618 e. The predicted octanol–water partition coefficient (Wildman–Crippen LogP) is 2.92. The number of hydrogen-bond donors (Lipinski definition) is 1. The first-order valence-corrected chi connectivity index (χ1v) is 5.84. The number of hydrogen-bond acceptors (Lipinski definition) is 2. The van der Waals surface area contributed by atoms with Crippen molar-refractivity contribution in [2.75, 3.05) is 6.54 Å². The van der Waals surface area contributed by atoms with Gasteiger partial charge in [0.05, 0.1) is 0 Å². The second-order valence-electron chi connectivity index (χ2n) is 3.82. The van der Waals surface area contributed by atoms with Gasteiger partial charge in [0, 0.05) is 17.5 Å². The van der Waals surface area contributed by atoms with Crippen LogP contribution in [0.3, 0.4) is 0 Å². The van der Waals surface area contributed by atoms with E-state index in [1.54, 1.807) is 0 Å². The van der Waals surface area contributed by atoms with Crippen LogP contribution in [0, 0.1) is 5.92 Å². The maximum atomic E-state index is 3.53. The monoisotopic (exact) mass is 197 g/mol. The summed E-state index contributed by atoms with van der Waals surface area (Å²) in [5.74, 6) is 0.725. The van der Waals surface area contributed by atoms with Crippen LogP contribution in [0.15, 0.2) is 17.5 Å². The highest BCUT2D eigenvalue weighted by Crippen LogP contribution is 2.08. The van der Waals surface area contributed by atoms with E-state index < -0.39 is 0 Å². The van der Waals surface area contributed by atoms with Crippen molar-refractivity contribution in [1.29, 1.82) is 0 Å². The van der Waals surface area contributed by atoms with Gasteiger partial charge in [-0.15, -0.1) is 11.3 Å². The molecule has 0 aromatic carbocycles. The zero-order valence-corrected chi connectivity index (χ0v) is 9.53. The van der Waals surface area contributed by atoms with Crippen LogP contribution in [0.25, 0.3) is 0 Å². The Bertz CT molecular complexity index is 216. The Labute approximate surface area is 85.2 Å². The fourth-order valence-electron chi connectivity index (χ4n) is 1.11. The van der Waals surface area contributed by atoms with E-state index in [0.717, 1.165) is 18.9 Å². The lowest BCUT2D eigenvalue weighted by Crippen LogP contribution is -2.32. The maximum absolute atomic E-state index is 3.53. The van der Waals surface area contributed by atoms with E-state index in [2.05, 4.69) is 43.6 Å². The molecule has 0 radical (unpaired) electrons. The molecule has 1 heterocycles. The molecule has 0 bridgehead atoms. The average Bonchev–Trinajstić information content (AvgIpc) is 2.56. The van der Waals surface area contributed by atoms with Crippen molar-refractivity contribution in [2.45, 2.75) is 33.2 Å². The fraction of sp³-hybridized carbons (Fsp3) is 0.636. The minimum Gasteiger partial charge on any atom is -0.314 e. The van der Waals surface area contributed by atoms with Gasteiger partial charge in [-0.25, -0.2) is 0 Å². The molecule has 0 amide bonds. The highest BCUT2D eigenvalue weighted by molar-refractivity contribution is 7.09. The van der Waals surface area contributed by atoms with Gasteiger partial charge in [-0.05, 0) is 30.7 Å². The second-order valence-corrected chi connectivity index (χ2v) is 4.85. The van der Waals surface area contributed by atoms with Crippen LogP contribution in [0.1, 0.15) is 25.6 Å². The summed E-state index contributed by atoms with van der Waals surface area (Å²) in [5.41, 5.74) is 0. The third-order valence-electron chi connectivity index (χ3n) is 2.42. The molecule has 13 heavy (non-hydrogen) atoms. The summed E-state index contributed by atoms with van der Waals surface area (Å²) in [6.45, 7) is 7.85. The van der Waals surface area contributed by atoms with Crippen molar-refractivity contribution in [1.82, 2.24) is 5.32 Å². The quantitative estimate of drug-likeness (QED) is 0.765. The van der Waals surface area contributed by atoms with Crippen molar-refractivity contribution < 1.29 is 0 Å². The van der Waals surface area contributed by atoms with E-state index in [-0.39, 0.29) is 0 Å². The summed E-state index contributed by atoms with van der Waals surface area (Å²) >= 11 is 1.84. The molecule has 0 aliphatic rings. The van der Waals surface area contributed by atoms with Crippen LogP contribution < -0.4 is 5.32 Å². The highest BCUT2D eigenvalue weighted by atomic mass is 32.1. The lowest BCUT2D eigenvalue weighted by molar-refractivity contribution is 0.430. The smallest absolute Gasteiger partial charge is 0.00618 e. The summed E-state index contributed by atoms with van der Waals surface area (Å²) in [4.78, 5) is 1.48. The van der Waals surface area contributed by atoms with E-state index >= 15 is 0 Å². The zero-order valence-electron chi connectivity index (χ0n) is 8.71. The molecule has 1 atom stereocenters. The first-order valence-electron chi connectivity index (χ1n) is 4.96. The van der Waals surface area contributed by atoms with Gasteiger partial charge in [0.2, 0.25) is 0 Å². The molecule has 1 N–H and O–H groups in total. The molecular formula is C11H19NS. The van der Waals surface area contributed by atoms with Crippen LogP contribution in [0.4, 0.5) is 0 Å². The number of thiophene rings is 1. The van der Waals surface area contributed by atoms with Crippen molar-refractivity contribution in [3.8, 4) is 0 Å². The molecule has 0 saturated heterocycles. The van der Waals surface area contributed by atoms with E-state index in [1.807, 2.05) is 11.3 Å². The van der Waals surface area contributed by atoms with Crippen LogP contribution in [-0.4, -0.2) is 12.6 Å². The Kier molecular flexibility index (Phi) is 4.46. The first kappa shape index (κ1) is 10.7. The first-order chi connectivity index (χ1) is 6.20. The Balaban J connectivity index is 2.14. The molecule has 1 rings (SSSR count). The minimum atomic E-state index is 0.625. The molecule has 1 aromatic heterocycles. The van der Waals surface area contributed by atoms with Gasteiger partial charge in [-0.2, -0.15) is 0 Å². The third-order valence-corrected chi connectivity index (χ3v) is 3.35. The van der Waals surface area contributed by atoms with Gasteiger partial charge in [0.25, 0.3) is 0 Å². The van der Waals surface area contributed by atoms with Crippen LogP contribution in [0.2, 0.25) is 0 Å². The second kappa shape index (κ2) is 5.40. The van der Waals surface area contributed by atoms with Crippen molar-refractivity contribution in [3.63, 3.8) is 0 Å².